The summed E-state index contributed by atoms with van der Waals surface area (Å²) in [6.45, 7) is 1.87. The predicted molar refractivity (Wildman–Crippen MR) is 180 cm³/mol. The fourth-order valence-electron chi connectivity index (χ4n) is 6.66. The van der Waals surface area contributed by atoms with E-state index < -0.39 is 85.7 Å². The third-order valence-corrected chi connectivity index (χ3v) is 9.82. The summed E-state index contributed by atoms with van der Waals surface area (Å²) in [5.41, 5.74) is -1.90. The number of amides is 3. The molecule has 17 nitrogen and oxygen atoms in total. The molecule has 0 radical (unpaired) electrons. The number of hydrogen-bond donors (Lipinski definition) is 3. The number of carbonyl (C=O) groups excluding carboxylic acids is 3. The topological polar surface area (TPSA) is 211 Å². The molecule has 3 aliphatic heterocycles. The number of carbonyl (C=O) groups is 3. The van der Waals surface area contributed by atoms with Gasteiger partial charge in [0.25, 0.3) is 11.8 Å². The van der Waals surface area contributed by atoms with Crippen LogP contribution in [0, 0.1) is 11.6 Å². The van der Waals surface area contributed by atoms with Crippen LogP contribution in [-0.2, 0) is 31.8 Å². The van der Waals surface area contributed by atoms with Gasteiger partial charge >= 0.3 is 13.9 Å². The van der Waals surface area contributed by atoms with Gasteiger partial charge < -0.3 is 38.9 Å². The van der Waals surface area contributed by atoms with E-state index in [-0.39, 0.29) is 35.2 Å². The molecule has 53 heavy (non-hydrogen) atoms. The summed E-state index contributed by atoms with van der Waals surface area (Å²) in [5, 5.41) is 6.65. The summed E-state index contributed by atoms with van der Waals surface area (Å²) in [5.74, 6) is -3.94. The second-order valence-electron chi connectivity index (χ2n) is 12.9. The summed E-state index contributed by atoms with van der Waals surface area (Å²) < 4.78 is 56.1. The number of oxime groups is 1. The fourth-order valence-corrected chi connectivity index (χ4v) is 6.97. The van der Waals surface area contributed by atoms with Gasteiger partial charge in [-0.2, -0.15) is 0 Å². The fraction of sp³-hybridized carbons (Fsp3) is 0.394. The van der Waals surface area contributed by atoms with Crippen molar-refractivity contribution >= 4 is 37.3 Å². The van der Waals surface area contributed by atoms with Gasteiger partial charge in [-0.05, 0) is 38.8 Å². The minimum atomic E-state index is -4.86. The molecule has 6 rings (SSSR count). The molecule has 3 atom stereocenters. The van der Waals surface area contributed by atoms with Crippen molar-refractivity contribution < 1.29 is 56.4 Å². The van der Waals surface area contributed by atoms with Crippen molar-refractivity contribution in [2.75, 3.05) is 25.3 Å². The molecule has 3 amide bonds. The predicted octanol–water partition coefficient (Wildman–Crippen LogP) is 3.38. The lowest BCUT2D eigenvalue weighted by atomic mass is 9.84. The maximum absolute atomic E-state index is 14.4. The van der Waals surface area contributed by atoms with Crippen molar-refractivity contribution in [3.8, 4) is 5.75 Å². The Morgan fingerprint density at radius 1 is 1.21 bits per heavy atom. The Balaban J connectivity index is 1.33. The lowest BCUT2D eigenvalue weighted by Crippen LogP contribution is -2.52. The first-order valence-corrected chi connectivity index (χ1v) is 17.8. The molecule has 3 aliphatic rings. The molecule has 20 heteroatoms. The van der Waals surface area contributed by atoms with Crippen LogP contribution >= 0.6 is 7.82 Å². The molecule has 2 bridgehead atoms. The molecule has 2 aromatic heterocycles. The third kappa shape index (κ3) is 7.64. The molecule has 282 valence electrons. The van der Waals surface area contributed by atoms with Crippen molar-refractivity contribution in [3.05, 3.63) is 87.0 Å². The van der Waals surface area contributed by atoms with Gasteiger partial charge in [0.2, 0.25) is 18.0 Å². The molecule has 5 heterocycles. The van der Waals surface area contributed by atoms with Crippen LogP contribution in [0.25, 0.3) is 0 Å². The SMILES string of the molecule is CC1=NO[C@@]2(CC[C@H](C)N3C[C@H]2n2cc(C(=O)NCc4ccc(F)cc4F)c(=O)c(OCOC(=O)N(C)c4ncccc4COP(=O)(O)O)c2C3=O)C1. The number of phosphoric acid groups is 1. The second kappa shape index (κ2) is 14.7. The Bertz CT molecular complexity index is 2110. The van der Waals surface area contributed by atoms with Crippen LogP contribution in [0.2, 0.25) is 0 Å². The largest absolute Gasteiger partial charge is 0.469 e. The average molecular weight is 761 g/mol. The number of aromatic nitrogens is 2. The van der Waals surface area contributed by atoms with Crippen LogP contribution in [0.5, 0.6) is 5.75 Å². The van der Waals surface area contributed by atoms with E-state index in [0.29, 0.717) is 31.0 Å². The van der Waals surface area contributed by atoms with Crippen LogP contribution in [0.3, 0.4) is 0 Å². The number of pyridine rings is 2. The highest BCUT2D eigenvalue weighted by molar-refractivity contribution is 7.46. The maximum Gasteiger partial charge on any atom is 0.469 e. The Hall–Kier alpha value is -5.23. The second-order valence-corrected chi connectivity index (χ2v) is 14.1. The molecule has 1 aromatic carbocycles. The number of benzene rings is 1. The average Bonchev–Trinajstić information content (AvgIpc) is 3.44. The van der Waals surface area contributed by atoms with Crippen molar-refractivity contribution in [1.82, 2.24) is 19.8 Å². The van der Waals surface area contributed by atoms with Gasteiger partial charge in [-0.15, -0.1) is 0 Å². The highest BCUT2D eigenvalue weighted by Crippen LogP contribution is 2.46. The summed E-state index contributed by atoms with van der Waals surface area (Å²) in [6, 6.07) is 4.75. The van der Waals surface area contributed by atoms with E-state index in [2.05, 4.69) is 20.0 Å². The Labute approximate surface area is 300 Å². The van der Waals surface area contributed by atoms with Gasteiger partial charge in [0.15, 0.2) is 11.3 Å². The van der Waals surface area contributed by atoms with Crippen LogP contribution < -0.4 is 20.4 Å². The summed E-state index contributed by atoms with van der Waals surface area (Å²) in [4.78, 5) is 85.6. The minimum absolute atomic E-state index is 0.0517. The molecular formula is C33H35F2N6O11P. The van der Waals surface area contributed by atoms with Crippen molar-refractivity contribution in [1.29, 1.82) is 0 Å². The zero-order valence-corrected chi connectivity index (χ0v) is 29.5. The quantitative estimate of drug-likeness (QED) is 0.201. The number of phosphoric ester groups is 1. The zero-order chi connectivity index (χ0) is 38.2. The Morgan fingerprint density at radius 2 is 1.98 bits per heavy atom. The van der Waals surface area contributed by atoms with Crippen LogP contribution in [0.4, 0.5) is 19.4 Å². The highest BCUT2D eigenvalue weighted by Gasteiger charge is 2.54. The molecule has 1 spiro atoms. The first kappa shape index (κ1) is 37.5. The summed E-state index contributed by atoms with van der Waals surface area (Å²) in [7, 11) is -3.60. The Kier molecular flexibility index (Phi) is 10.4. The lowest BCUT2D eigenvalue weighted by molar-refractivity contribution is -0.0657. The van der Waals surface area contributed by atoms with Gasteiger partial charge in [-0.1, -0.05) is 17.3 Å². The highest BCUT2D eigenvalue weighted by atomic mass is 31.2. The van der Waals surface area contributed by atoms with Gasteiger partial charge in [0.1, 0.15) is 23.0 Å². The van der Waals surface area contributed by atoms with E-state index in [9.17, 15) is 32.5 Å². The standard InChI is InChI=1S/C33H35F2N6O11P/c1-18-12-33(52-38-18)9-8-19(2)40-15-25(33)41-14-23(30(43)37-13-20-6-7-22(34)11-24(20)35)27(42)28(26(41)31(40)44)49-17-50-32(45)39(3)29-21(5-4-10-36-29)16-51-53(46,47)48/h4-7,10-11,14,19,25H,8-9,12-13,15-17H2,1-3H3,(H,37,43)(H2,46,47,48)/t19-,25+,33-/m0/s1. The molecule has 0 saturated carbocycles. The molecular weight excluding hydrogens is 725 g/mol. The molecule has 3 aromatic rings. The van der Waals surface area contributed by atoms with E-state index in [0.717, 1.165) is 17.0 Å². The lowest BCUT2D eigenvalue weighted by Gasteiger charge is -2.42. The number of nitrogens with zero attached hydrogens (tertiary/aromatic N) is 5. The number of rotatable bonds is 10. The van der Waals surface area contributed by atoms with Gasteiger partial charge in [-0.3, -0.25) is 23.8 Å². The number of ether oxygens (including phenoxy) is 2. The van der Waals surface area contributed by atoms with E-state index in [1.54, 1.807) is 11.8 Å². The summed E-state index contributed by atoms with van der Waals surface area (Å²) >= 11 is 0. The number of nitrogens with one attached hydrogen (secondary N) is 1. The minimum Gasteiger partial charge on any atom is -0.451 e. The summed E-state index contributed by atoms with van der Waals surface area (Å²) in [6.07, 6.45) is 2.88. The first-order valence-electron chi connectivity index (χ1n) is 16.3. The molecule has 0 aliphatic carbocycles. The van der Waals surface area contributed by atoms with Crippen LogP contribution in [-0.4, -0.2) is 79.9 Å². The molecule has 1 saturated heterocycles. The molecule has 1 fully saturated rings. The number of hydrogen-bond acceptors (Lipinski definition) is 11. The zero-order valence-electron chi connectivity index (χ0n) is 28.7. The van der Waals surface area contributed by atoms with Crippen LogP contribution in [0.15, 0.2) is 52.7 Å². The molecule has 0 unspecified atom stereocenters. The van der Waals surface area contributed by atoms with E-state index in [4.69, 9.17) is 24.1 Å². The van der Waals surface area contributed by atoms with Gasteiger partial charge in [-0.25, -0.2) is 23.1 Å². The monoisotopic (exact) mass is 760 g/mol. The maximum atomic E-state index is 14.4. The number of fused-ring (bicyclic) bond motifs is 5. The van der Waals surface area contributed by atoms with Crippen molar-refractivity contribution in [3.63, 3.8) is 0 Å². The number of halogens is 2. The van der Waals surface area contributed by atoms with Gasteiger partial charge in [0, 0.05) is 62.2 Å². The van der Waals surface area contributed by atoms with Gasteiger partial charge in [0.05, 0.1) is 18.4 Å². The Morgan fingerprint density at radius 3 is 2.68 bits per heavy atom. The smallest absolute Gasteiger partial charge is 0.451 e. The van der Waals surface area contributed by atoms with E-state index >= 15 is 0 Å². The normalized spacial score (nSPS) is 20.6. The van der Waals surface area contributed by atoms with Crippen molar-refractivity contribution in [2.24, 2.45) is 5.16 Å². The van der Waals surface area contributed by atoms with Crippen LogP contribution in [0.1, 0.15) is 71.1 Å². The molecule has 3 N–H and O–H groups in total. The van der Waals surface area contributed by atoms with E-state index in [1.807, 2.05) is 6.92 Å². The third-order valence-electron chi connectivity index (χ3n) is 9.36. The number of anilines is 1. The first-order chi connectivity index (χ1) is 25.1. The van der Waals surface area contributed by atoms with Crippen molar-refractivity contribution in [2.45, 2.75) is 63.9 Å². The van der Waals surface area contributed by atoms with E-state index in [1.165, 1.54) is 36.1 Å².